The fourth-order valence-electron chi connectivity index (χ4n) is 0.985. The summed E-state index contributed by atoms with van der Waals surface area (Å²) in [7, 11) is 0. The van der Waals surface area contributed by atoms with E-state index < -0.39 is 22.9 Å². The van der Waals surface area contributed by atoms with Crippen LogP contribution in [0.4, 0.5) is 8.78 Å². The molecule has 0 saturated carbocycles. The van der Waals surface area contributed by atoms with Gasteiger partial charge in [0.25, 0.3) is 11.7 Å². The average molecular weight is 251 g/mol. The number of carbonyl (C=O) groups excluding carboxylic acids is 1. The van der Waals surface area contributed by atoms with Crippen LogP contribution in [0.3, 0.4) is 0 Å². The summed E-state index contributed by atoms with van der Waals surface area (Å²) in [6.45, 7) is 0. The zero-order chi connectivity index (χ0) is 11.6. The second kappa shape index (κ2) is 4.51. The number of nitrogens with zero attached hydrogens (tertiary/aromatic N) is 2. The van der Waals surface area contributed by atoms with Gasteiger partial charge in [0.15, 0.2) is 0 Å². The molecule has 78 valence electrons. The second-order valence-electron chi connectivity index (χ2n) is 2.44. The molecule has 1 aromatic heterocycles. The molecule has 1 aromatic rings. The Morgan fingerprint density at radius 2 is 2.20 bits per heavy atom. The predicted molar refractivity (Wildman–Crippen MR) is 49.1 cm³/mol. The highest BCUT2D eigenvalue weighted by Crippen LogP contribution is 2.27. The van der Waals surface area contributed by atoms with Gasteiger partial charge in [-0.15, -0.1) is 0 Å². The quantitative estimate of drug-likeness (QED) is 0.599. The maximum Gasteiger partial charge on any atom is 0.281 e. The van der Waals surface area contributed by atoms with E-state index in [4.69, 9.17) is 28.5 Å². The minimum absolute atomic E-state index is 0.288. The smallest absolute Gasteiger partial charge is 0.275 e. The third kappa shape index (κ3) is 2.41. The van der Waals surface area contributed by atoms with E-state index in [-0.39, 0.29) is 10.7 Å². The van der Waals surface area contributed by atoms with Gasteiger partial charge in [-0.25, -0.2) is 13.8 Å². The lowest BCUT2D eigenvalue weighted by atomic mass is 10.1. The van der Waals surface area contributed by atoms with Crippen molar-refractivity contribution in [2.24, 2.45) is 0 Å². The number of halogens is 4. The molecule has 0 aliphatic rings. The molecule has 0 amide bonds. The van der Waals surface area contributed by atoms with E-state index in [1.54, 1.807) is 6.07 Å². The Morgan fingerprint density at radius 1 is 1.60 bits per heavy atom. The Balaban J connectivity index is 3.56. The van der Waals surface area contributed by atoms with Crippen LogP contribution in [0.15, 0.2) is 6.07 Å². The van der Waals surface area contributed by atoms with E-state index in [1.165, 1.54) is 0 Å². The average Bonchev–Trinajstić information content (AvgIpc) is 2.15. The van der Waals surface area contributed by atoms with Gasteiger partial charge in [-0.3, -0.25) is 4.79 Å². The number of aromatic nitrogens is 1. The molecule has 15 heavy (non-hydrogen) atoms. The lowest BCUT2D eigenvalue weighted by Crippen LogP contribution is -2.05. The van der Waals surface area contributed by atoms with Crippen molar-refractivity contribution < 1.29 is 13.6 Å². The molecule has 0 aromatic carbocycles. The molecule has 0 radical (unpaired) electrons. The molecular weight excluding hydrogens is 249 g/mol. The van der Waals surface area contributed by atoms with Crippen LogP contribution >= 0.6 is 23.2 Å². The van der Waals surface area contributed by atoms with Crippen LogP contribution in [0.25, 0.3) is 0 Å². The topological polar surface area (TPSA) is 53.8 Å². The minimum atomic E-state index is -3.02. The molecule has 0 unspecified atom stereocenters. The van der Waals surface area contributed by atoms with Gasteiger partial charge in [-0.2, -0.15) is 5.26 Å². The molecule has 1 rings (SSSR count). The monoisotopic (exact) mass is 250 g/mol. The van der Waals surface area contributed by atoms with Crippen LogP contribution in [-0.2, 0) is 0 Å². The fraction of sp³-hybridized carbons (Fsp3) is 0.125. The van der Waals surface area contributed by atoms with Gasteiger partial charge in [0.05, 0.1) is 11.1 Å². The van der Waals surface area contributed by atoms with E-state index in [2.05, 4.69) is 4.98 Å². The molecule has 1 heterocycles. The van der Waals surface area contributed by atoms with Gasteiger partial charge < -0.3 is 0 Å². The number of alkyl halides is 2. The third-order valence-corrected chi connectivity index (χ3v) is 1.92. The summed E-state index contributed by atoms with van der Waals surface area (Å²) in [4.78, 5) is 14.1. The standard InChI is InChI=1S/C8H2Cl2F2N2O/c9-4-1-3(2-13)5(7(10)15)6(14-4)8(11)12/h1,8H. The van der Waals surface area contributed by atoms with Crippen molar-refractivity contribution in [2.45, 2.75) is 6.43 Å². The molecule has 7 heteroatoms. The normalized spacial score (nSPS) is 10.1. The van der Waals surface area contributed by atoms with Crippen LogP contribution < -0.4 is 0 Å². The Hall–Kier alpha value is -1.25. The highest BCUT2D eigenvalue weighted by molar-refractivity contribution is 6.68. The molecule has 0 saturated heterocycles. The number of carbonyl (C=O) groups is 1. The van der Waals surface area contributed by atoms with Gasteiger partial charge >= 0.3 is 0 Å². The summed E-state index contributed by atoms with van der Waals surface area (Å²) in [6.07, 6.45) is -3.02. The predicted octanol–water partition coefficient (Wildman–Crippen LogP) is 2.92. The molecule has 0 atom stereocenters. The number of hydrogen-bond donors (Lipinski definition) is 0. The molecule has 0 bridgehead atoms. The maximum absolute atomic E-state index is 12.4. The van der Waals surface area contributed by atoms with Gasteiger partial charge in [0, 0.05) is 0 Å². The summed E-state index contributed by atoms with van der Waals surface area (Å²) in [6, 6.07) is 2.55. The zero-order valence-electron chi connectivity index (χ0n) is 6.97. The fourth-order valence-corrected chi connectivity index (χ4v) is 1.38. The van der Waals surface area contributed by atoms with E-state index in [0.29, 0.717) is 0 Å². The molecule has 0 aliphatic carbocycles. The van der Waals surface area contributed by atoms with Gasteiger partial charge in [0.1, 0.15) is 16.9 Å². The zero-order valence-corrected chi connectivity index (χ0v) is 8.48. The summed E-state index contributed by atoms with van der Waals surface area (Å²) in [5.41, 5.74) is -1.79. The first-order valence-corrected chi connectivity index (χ1v) is 4.31. The minimum Gasteiger partial charge on any atom is -0.275 e. The van der Waals surface area contributed by atoms with Gasteiger partial charge in [-0.1, -0.05) is 11.6 Å². The largest absolute Gasteiger partial charge is 0.281 e. The Morgan fingerprint density at radius 3 is 2.60 bits per heavy atom. The Bertz CT molecular complexity index is 457. The van der Waals surface area contributed by atoms with E-state index in [9.17, 15) is 13.6 Å². The van der Waals surface area contributed by atoms with E-state index in [0.717, 1.165) is 6.07 Å². The SMILES string of the molecule is N#Cc1cc(Cl)nc(C(F)F)c1C(=O)Cl. The highest BCUT2D eigenvalue weighted by atomic mass is 35.5. The lowest BCUT2D eigenvalue weighted by Gasteiger charge is -2.06. The number of pyridine rings is 1. The Labute approximate surface area is 93.2 Å². The molecule has 0 fully saturated rings. The van der Waals surface area contributed by atoms with Gasteiger partial charge in [0.2, 0.25) is 0 Å². The first kappa shape index (κ1) is 11.8. The van der Waals surface area contributed by atoms with Crippen LogP contribution in [-0.4, -0.2) is 10.2 Å². The molecule has 0 N–H and O–H groups in total. The van der Waals surface area contributed by atoms with Crippen molar-refractivity contribution in [3.63, 3.8) is 0 Å². The summed E-state index contributed by atoms with van der Waals surface area (Å²) in [5, 5.41) is 7.16. The summed E-state index contributed by atoms with van der Waals surface area (Å²) >= 11 is 10.5. The first-order valence-electron chi connectivity index (χ1n) is 3.56. The molecule has 0 spiro atoms. The van der Waals surface area contributed by atoms with Crippen molar-refractivity contribution in [1.29, 1.82) is 5.26 Å². The van der Waals surface area contributed by atoms with Gasteiger partial charge in [-0.05, 0) is 17.7 Å². The van der Waals surface area contributed by atoms with Crippen molar-refractivity contribution >= 4 is 28.4 Å². The van der Waals surface area contributed by atoms with Crippen molar-refractivity contribution in [3.8, 4) is 6.07 Å². The molecular formula is C8H2Cl2F2N2O. The first-order chi connectivity index (χ1) is 6.97. The summed E-state index contributed by atoms with van der Waals surface area (Å²) < 4.78 is 24.9. The van der Waals surface area contributed by atoms with Crippen LogP contribution in [0.1, 0.15) is 28.0 Å². The summed E-state index contributed by atoms with van der Waals surface area (Å²) in [5.74, 6) is 0. The van der Waals surface area contributed by atoms with E-state index >= 15 is 0 Å². The maximum atomic E-state index is 12.4. The number of hydrogen-bond acceptors (Lipinski definition) is 3. The lowest BCUT2D eigenvalue weighted by molar-refractivity contribution is 0.106. The van der Waals surface area contributed by atoms with Crippen LogP contribution in [0.5, 0.6) is 0 Å². The van der Waals surface area contributed by atoms with Crippen molar-refractivity contribution in [3.05, 3.63) is 28.0 Å². The van der Waals surface area contributed by atoms with Crippen molar-refractivity contribution in [2.75, 3.05) is 0 Å². The molecule has 3 nitrogen and oxygen atoms in total. The van der Waals surface area contributed by atoms with E-state index in [1.807, 2.05) is 0 Å². The second-order valence-corrected chi connectivity index (χ2v) is 3.17. The number of nitriles is 1. The molecule has 0 aliphatic heterocycles. The number of rotatable bonds is 2. The third-order valence-electron chi connectivity index (χ3n) is 1.54. The Kier molecular flexibility index (Phi) is 3.56. The van der Waals surface area contributed by atoms with Crippen LogP contribution in [0.2, 0.25) is 5.15 Å². The highest BCUT2D eigenvalue weighted by Gasteiger charge is 2.23. The van der Waals surface area contributed by atoms with Crippen LogP contribution in [0, 0.1) is 11.3 Å². The van der Waals surface area contributed by atoms with Crippen molar-refractivity contribution in [1.82, 2.24) is 4.98 Å².